The number of benzene rings is 2. The van der Waals surface area contributed by atoms with E-state index in [0.717, 1.165) is 40.9 Å². The van der Waals surface area contributed by atoms with Gasteiger partial charge in [0.2, 0.25) is 0 Å². The summed E-state index contributed by atoms with van der Waals surface area (Å²) in [4.78, 5) is 20.6. The van der Waals surface area contributed by atoms with Crippen LogP contribution in [-0.4, -0.2) is 50.7 Å². The fourth-order valence-electron chi connectivity index (χ4n) is 6.06. The Kier molecular flexibility index (Phi) is 5.92. The molecule has 2 aromatic heterocycles. The van der Waals surface area contributed by atoms with Crippen molar-refractivity contribution < 1.29 is 9.53 Å². The number of ether oxygens (including phenoxy) is 1. The van der Waals surface area contributed by atoms with Crippen LogP contribution in [0.15, 0.2) is 36.4 Å². The van der Waals surface area contributed by atoms with Crippen LogP contribution in [0.5, 0.6) is 5.75 Å². The van der Waals surface area contributed by atoms with E-state index in [1.807, 2.05) is 53.8 Å². The molecule has 1 aliphatic heterocycles. The van der Waals surface area contributed by atoms with Crippen molar-refractivity contribution in [1.29, 1.82) is 5.26 Å². The smallest absolute Gasteiger partial charge is 0.254 e. The van der Waals surface area contributed by atoms with Gasteiger partial charge in [0.15, 0.2) is 5.82 Å². The van der Waals surface area contributed by atoms with Gasteiger partial charge in [-0.25, -0.2) is 4.98 Å². The van der Waals surface area contributed by atoms with Crippen molar-refractivity contribution in [2.45, 2.75) is 51.7 Å². The predicted octanol–water partition coefficient (Wildman–Crippen LogP) is 4.68. The number of nitriles is 1. The molecule has 3 heterocycles. The first-order valence-corrected chi connectivity index (χ1v) is 13.5. The third-order valence-corrected chi connectivity index (χ3v) is 8.61. The second-order valence-corrected chi connectivity index (χ2v) is 11.0. The van der Waals surface area contributed by atoms with Gasteiger partial charge in [-0.15, -0.1) is 0 Å². The van der Waals surface area contributed by atoms with E-state index in [0.29, 0.717) is 40.8 Å². The Labute approximate surface area is 222 Å². The molecule has 0 unspecified atom stereocenters. The standard InChI is InChI=1S/C30H34N6O2/c1-5-20-16-35(17(2)27(20)32)30(37)22-11-23-28(26(13-22)38-4)34(3)29(33-23)25-12-21-9-8-19(14-31)10-24(21)36(25)15-18-6-7-18/h8-13,17-18,20,27H,5-7,15-16,32H2,1-4H3/t17-,20-,27-/m1/s1. The van der Waals surface area contributed by atoms with Crippen LogP contribution in [0.2, 0.25) is 0 Å². The molecular weight excluding hydrogens is 476 g/mol. The lowest BCUT2D eigenvalue weighted by Gasteiger charge is -2.23. The lowest BCUT2D eigenvalue weighted by molar-refractivity contribution is 0.0739. The number of fused-ring (bicyclic) bond motifs is 2. The monoisotopic (exact) mass is 510 g/mol. The number of hydrogen-bond donors (Lipinski definition) is 1. The summed E-state index contributed by atoms with van der Waals surface area (Å²) in [6, 6.07) is 13.9. The normalized spacial score (nSPS) is 21.4. The number of nitrogens with zero attached hydrogens (tertiary/aromatic N) is 5. The molecule has 1 amide bonds. The Morgan fingerprint density at radius 1 is 1.24 bits per heavy atom. The average molecular weight is 511 g/mol. The number of methoxy groups -OCH3 is 1. The van der Waals surface area contributed by atoms with Crippen molar-refractivity contribution in [3.63, 3.8) is 0 Å². The maximum absolute atomic E-state index is 13.6. The van der Waals surface area contributed by atoms with Crippen molar-refractivity contribution in [3.05, 3.63) is 47.5 Å². The number of carbonyl (C=O) groups excluding carboxylic acids is 1. The summed E-state index contributed by atoms with van der Waals surface area (Å²) < 4.78 is 10.1. The second-order valence-electron chi connectivity index (χ2n) is 11.0. The third-order valence-electron chi connectivity index (χ3n) is 8.61. The molecule has 8 nitrogen and oxygen atoms in total. The molecule has 0 radical (unpaired) electrons. The molecule has 2 fully saturated rings. The van der Waals surface area contributed by atoms with Crippen LogP contribution in [0.4, 0.5) is 0 Å². The zero-order chi connectivity index (χ0) is 26.7. The van der Waals surface area contributed by atoms with E-state index >= 15 is 0 Å². The largest absolute Gasteiger partial charge is 0.494 e. The maximum Gasteiger partial charge on any atom is 0.254 e. The van der Waals surface area contributed by atoms with Crippen LogP contribution >= 0.6 is 0 Å². The summed E-state index contributed by atoms with van der Waals surface area (Å²) in [5.74, 6) is 2.33. The number of nitrogens with two attached hydrogens (primary N) is 1. The van der Waals surface area contributed by atoms with Gasteiger partial charge in [-0.3, -0.25) is 4.79 Å². The van der Waals surface area contributed by atoms with Gasteiger partial charge in [-0.1, -0.05) is 19.4 Å². The molecule has 0 bridgehead atoms. The number of imidazole rings is 1. The molecule has 38 heavy (non-hydrogen) atoms. The molecule has 1 saturated carbocycles. The van der Waals surface area contributed by atoms with Crippen LogP contribution in [0.3, 0.4) is 0 Å². The number of carbonyl (C=O) groups is 1. The van der Waals surface area contributed by atoms with Gasteiger partial charge < -0.3 is 24.5 Å². The summed E-state index contributed by atoms with van der Waals surface area (Å²) in [6.07, 6.45) is 3.39. The molecule has 2 N–H and O–H groups in total. The molecular formula is C30H34N6O2. The van der Waals surface area contributed by atoms with Gasteiger partial charge in [-0.2, -0.15) is 5.26 Å². The topological polar surface area (TPSA) is 102 Å². The fraction of sp³-hybridized carbons (Fsp3) is 0.433. The Bertz CT molecular complexity index is 1600. The van der Waals surface area contributed by atoms with Crippen LogP contribution < -0.4 is 10.5 Å². The molecule has 8 heteroatoms. The minimum Gasteiger partial charge on any atom is -0.494 e. The number of aromatic nitrogens is 3. The molecule has 1 aliphatic carbocycles. The molecule has 6 rings (SSSR count). The van der Waals surface area contributed by atoms with E-state index in [9.17, 15) is 10.1 Å². The van der Waals surface area contributed by atoms with Gasteiger partial charge in [0.05, 0.1) is 30.0 Å². The number of amides is 1. The quantitative estimate of drug-likeness (QED) is 0.406. The summed E-state index contributed by atoms with van der Waals surface area (Å²) in [5.41, 5.74) is 11.2. The van der Waals surface area contributed by atoms with E-state index in [1.54, 1.807) is 7.11 Å². The minimum atomic E-state index is -0.0387. The Hall–Kier alpha value is -3.83. The fourth-order valence-corrected chi connectivity index (χ4v) is 6.06. The Morgan fingerprint density at radius 2 is 2.03 bits per heavy atom. The van der Waals surface area contributed by atoms with E-state index < -0.39 is 0 Å². The van der Waals surface area contributed by atoms with Crippen molar-refractivity contribution in [2.75, 3.05) is 13.7 Å². The summed E-state index contributed by atoms with van der Waals surface area (Å²) in [5, 5.41) is 10.6. The molecule has 1 saturated heterocycles. The summed E-state index contributed by atoms with van der Waals surface area (Å²) >= 11 is 0. The predicted molar refractivity (Wildman–Crippen MR) is 148 cm³/mol. The van der Waals surface area contributed by atoms with Crippen LogP contribution in [0.1, 0.15) is 49.0 Å². The third kappa shape index (κ3) is 3.84. The lowest BCUT2D eigenvalue weighted by atomic mass is 9.98. The number of likely N-dealkylation sites (tertiary alicyclic amines) is 1. The number of rotatable bonds is 6. The maximum atomic E-state index is 13.6. The molecule has 2 aromatic carbocycles. The lowest BCUT2D eigenvalue weighted by Crippen LogP contribution is -2.41. The van der Waals surface area contributed by atoms with Gasteiger partial charge in [-0.05, 0) is 61.9 Å². The van der Waals surface area contributed by atoms with Crippen molar-refractivity contribution in [2.24, 2.45) is 24.6 Å². The van der Waals surface area contributed by atoms with Crippen LogP contribution in [-0.2, 0) is 13.6 Å². The van der Waals surface area contributed by atoms with E-state index in [1.165, 1.54) is 12.8 Å². The highest BCUT2D eigenvalue weighted by Gasteiger charge is 2.39. The average Bonchev–Trinajstić information content (AvgIpc) is 3.51. The SMILES string of the molecule is CC[C@@H]1CN(C(=O)c2cc(OC)c3c(c2)nc(-c2cc4ccc(C#N)cc4n2CC2CC2)n3C)[C@H](C)[C@H]1N. The second kappa shape index (κ2) is 9.17. The van der Waals surface area contributed by atoms with E-state index in [2.05, 4.69) is 23.6 Å². The molecule has 4 aromatic rings. The summed E-state index contributed by atoms with van der Waals surface area (Å²) in [6.45, 7) is 5.71. The minimum absolute atomic E-state index is 0.0223. The zero-order valence-electron chi connectivity index (χ0n) is 22.4. The van der Waals surface area contributed by atoms with Crippen molar-refractivity contribution in [1.82, 2.24) is 19.0 Å². The van der Waals surface area contributed by atoms with E-state index in [4.69, 9.17) is 15.5 Å². The highest BCUT2D eigenvalue weighted by Crippen LogP contribution is 2.38. The summed E-state index contributed by atoms with van der Waals surface area (Å²) in [7, 11) is 3.62. The zero-order valence-corrected chi connectivity index (χ0v) is 22.4. The highest BCUT2D eigenvalue weighted by atomic mass is 16.5. The first-order valence-electron chi connectivity index (χ1n) is 13.5. The van der Waals surface area contributed by atoms with Gasteiger partial charge in [0.1, 0.15) is 11.3 Å². The van der Waals surface area contributed by atoms with E-state index in [-0.39, 0.29) is 18.0 Å². The highest BCUT2D eigenvalue weighted by molar-refractivity contribution is 6.00. The molecule has 2 aliphatic rings. The molecule has 3 atom stereocenters. The van der Waals surface area contributed by atoms with Crippen LogP contribution in [0.25, 0.3) is 33.5 Å². The van der Waals surface area contributed by atoms with Gasteiger partial charge in [0.25, 0.3) is 5.91 Å². The molecule has 196 valence electrons. The van der Waals surface area contributed by atoms with Crippen molar-refractivity contribution in [3.8, 4) is 23.3 Å². The number of aryl methyl sites for hydroxylation is 1. The van der Waals surface area contributed by atoms with Gasteiger partial charge >= 0.3 is 0 Å². The van der Waals surface area contributed by atoms with Crippen molar-refractivity contribution >= 4 is 27.8 Å². The molecule has 0 spiro atoms. The van der Waals surface area contributed by atoms with Crippen LogP contribution in [0, 0.1) is 23.2 Å². The number of hydrogen-bond acceptors (Lipinski definition) is 5. The Balaban J connectivity index is 1.47. The Morgan fingerprint density at radius 3 is 2.68 bits per heavy atom. The van der Waals surface area contributed by atoms with Gasteiger partial charge in [0, 0.05) is 48.7 Å². The first kappa shape index (κ1) is 24.5. The first-order chi connectivity index (χ1) is 18.3.